The number of benzene rings is 3. The van der Waals surface area contributed by atoms with E-state index in [1.807, 2.05) is 44.4 Å². The Bertz CT molecular complexity index is 1950. The predicted molar refractivity (Wildman–Crippen MR) is 197 cm³/mol. The van der Waals surface area contributed by atoms with Crippen LogP contribution in [0.3, 0.4) is 0 Å². The number of aliphatic hydroxyl groups is 1. The minimum atomic E-state index is -1.02. The summed E-state index contributed by atoms with van der Waals surface area (Å²) in [4.78, 5) is 57.8. The van der Waals surface area contributed by atoms with Crippen LogP contribution < -0.4 is 20.3 Å². The van der Waals surface area contributed by atoms with Crippen molar-refractivity contribution in [2.24, 2.45) is 0 Å². The molecule has 0 spiro atoms. The Balaban J connectivity index is 0.824. The molecule has 2 aliphatic rings. The molecule has 1 fully saturated rings. The molecule has 3 heterocycles. The number of pyridine rings is 1. The third-order valence-electron chi connectivity index (χ3n) is 8.87. The van der Waals surface area contributed by atoms with Gasteiger partial charge in [0.15, 0.2) is 0 Å². The first-order chi connectivity index (χ1) is 25.7. The molecule has 2 unspecified atom stereocenters. The number of imide groups is 2. The average Bonchev–Trinajstić information content (AvgIpc) is 3.41. The Labute approximate surface area is 307 Å². The quantitative estimate of drug-likeness (QED) is 0.101. The number of amides is 4. The molecular formula is C39H43N5O9. The normalized spacial score (nSPS) is 16.1. The highest BCUT2D eigenvalue weighted by Gasteiger charge is 2.45. The summed E-state index contributed by atoms with van der Waals surface area (Å²) in [5.74, 6) is -1.56. The molecule has 1 saturated heterocycles. The summed E-state index contributed by atoms with van der Waals surface area (Å²) in [6.07, 6.45) is -0.657. The van der Waals surface area contributed by atoms with Crippen molar-refractivity contribution in [1.82, 2.24) is 15.2 Å². The van der Waals surface area contributed by atoms with Crippen molar-refractivity contribution in [1.29, 1.82) is 0 Å². The number of hydrogen-bond donors (Lipinski definition) is 3. The SMILES string of the molecule is CN(C)c1ccc(-c2ccc3cc(OCC(O)COCCOCCOCCNc4cccc5c4C(=O)N(C4CCC(=O)NC4=O)C5=O)ccc3n2)cc1. The van der Waals surface area contributed by atoms with Gasteiger partial charge >= 0.3 is 0 Å². The molecule has 278 valence electrons. The highest BCUT2D eigenvalue weighted by molar-refractivity contribution is 6.25. The largest absolute Gasteiger partial charge is 0.491 e. The summed E-state index contributed by atoms with van der Waals surface area (Å²) < 4.78 is 22.5. The van der Waals surface area contributed by atoms with Crippen molar-refractivity contribution in [3.05, 3.63) is 83.9 Å². The van der Waals surface area contributed by atoms with E-state index in [0.29, 0.717) is 51.0 Å². The number of piperidine rings is 1. The van der Waals surface area contributed by atoms with E-state index in [1.165, 1.54) is 0 Å². The van der Waals surface area contributed by atoms with E-state index >= 15 is 0 Å². The van der Waals surface area contributed by atoms with E-state index in [1.54, 1.807) is 18.2 Å². The van der Waals surface area contributed by atoms with Gasteiger partial charge in [-0.1, -0.05) is 24.3 Å². The van der Waals surface area contributed by atoms with Crippen LogP contribution >= 0.6 is 0 Å². The maximum absolute atomic E-state index is 13.2. The number of hydrogen-bond acceptors (Lipinski definition) is 12. The molecule has 0 aliphatic carbocycles. The van der Waals surface area contributed by atoms with Gasteiger partial charge in [-0.15, -0.1) is 0 Å². The fraction of sp³-hybridized carbons (Fsp3) is 0.359. The highest BCUT2D eigenvalue weighted by atomic mass is 16.5. The number of carbonyl (C=O) groups is 4. The molecule has 53 heavy (non-hydrogen) atoms. The molecule has 1 aromatic heterocycles. The first-order valence-electron chi connectivity index (χ1n) is 17.5. The summed E-state index contributed by atoms with van der Waals surface area (Å²) in [7, 11) is 4.02. The van der Waals surface area contributed by atoms with Gasteiger partial charge in [0, 0.05) is 49.4 Å². The number of aliphatic hydroxyl groups excluding tert-OH is 1. The van der Waals surface area contributed by atoms with Gasteiger partial charge in [0.2, 0.25) is 11.8 Å². The van der Waals surface area contributed by atoms with E-state index in [-0.39, 0.29) is 37.2 Å². The first-order valence-corrected chi connectivity index (χ1v) is 17.5. The van der Waals surface area contributed by atoms with Crippen LogP contribution in [-0.4, -0.2) is 118 Å². The number of rotatable bonds is 18. The summed E-state index contributed by atoms with van der Waals surface area (Å²) in [6, 6.07) is 21.8. The fourth-order valence-corrected chi connectivity index (χ4v) is 6.10. The summed E-state index contributed by atoms with van der Waals surface area (Å²) in [5, 5.41) is 16.6. The number of ether oxygens (including phenoxy) is 4. The molecule has 0 bridgehead atoms. The van der Waals surface area contributed by atoms with Crippen molar-refractivity contribution in [2.75, 3.05) is 77.1 Å². The topological polar surface area (TPSA) is 169 Å². The molecule has 0 saturated carbocycles. The number of nitrogens with zero attached hydrogens (tertiary/aromatic N) is 3. The summed E-state index contributed by atoms with van der Waals surface area (Å²) >= 11 is 0. The van der Waals surface area contributed by atoms with E-state index in [0.717, 1.165) is 32.7 Å². The Kier molecular flexibility index (Phi) is 12.3. The molecule has 4 aromatic rings. The van der Waals surface area contributed by atoms with E-state index < -0.39 is 35.8 Å². The van der Waals surface area contributed by atoms with Crippen LogP contribution in [0.25, 0.3) is 22.2 Å². The minimum absolute atomic E-state index is 0.0592. The van der Waals surface area contributed by atoms with Gasteiger partial charge in [0.25, 0.3) is 11.8 Å². The van der Waals surface area contributed by atoms with Crippen LogP contribution in [0.15, 0.2) is 72.8 Å². The molecule has 0 radical (unpaired) electrons. The molecule has 6 rings (SSSR count). The van der Waals surface area contributed by atoms with Crippen LogP contribution in [0.1, 0.15) is 33.6 Å². The Morgan fingerprint density at radius 3 is 2.40 bits per heavy atom. The third-order valence-corrected chi connectivity index (χ3v) is 8.87. The van der Waals surface area contributed by atoms with Crippen molar-refractivity contribution < 1.29 is 43.2 Å². The number of carbonyl (C=O) groups excluding carboxylic acids is 4. The number of aromatic nitrogens is 1. The van der Waals surface area contributed by atoms with E-state index in [4.69, 9.17) is 23.9 Å². The molecule has 2 atom stereocenters. The van der Waals surface area contributed by atoms with Gasteiger partial charge in [-0.05, 0) is 55.0 Å². The first kappa shape index (κ1) is 37.4. The fourth-order valence-electron chi connectivity index (χ4n) is 6.10. The van der Waals surface area contributed by atoms with Crippen LogP contribution in [0.2, 0.25) is 0 Å². The zero-order valence-corrected chi connectivity index (χ0v) is 29.7. The molecule has 4 amide bonds. The minimum Gasteiger partial charge on any atom is -0.491 e. The lowest BCUT2D eigenvalue weighted by atomic mass is 10.0. The maximum atomic E-state index is 13.2. The second-order valence-electron chi connectivity index (χ2n) is 12.9. The Morgan fingerprint density at radius 2 is 1.64 bits per heavy atom. The van der Waals surface area contributed by atoms with Crippen LogP contribution in [0, 0.1) is 0 Å². The van der Waals surface area contributed by atoms with Gasteiger partial charge in [-0.3, -0.25) is 29.4 Å². The lowest BCUT2D eigenvalue weighted by Gasteiger charge is -2.27. The maximum Gasteiger partial charge on any atom is 0.264 e. The molecule has 2 aliphatic heterocycles. The van der Waals surface area contributed by atoms with Gasteiger partial charge in [0.1, 0.15) is 24.5 Å². The zero-order valence-electron chi connectivity index (χ0n) is 29.7. The van der Waals surface area contributed by atoms with Gasteiger partial charge < -0.3 is 34.3 Å². The third kappa shape index (κ3) is 9.15. The standard InChI is InChI=1S/C39H43N5O9/c1-43(2)27-9-6-25(7-10-27)31-12-8-26-22-29(11-13-32(26)41-31)53-24-28(45)23-52-21-20-51-19-18-50-17-16-40-33-5-3-4-30-36(33)39(49)44(38(30)48)34-14-15-35(46)42-37(34)47/h3-13,22,28,34,40,45H,14-21,23-24H2,1-2H3,(H,42,46,47). The molecule has 3 N–H and O–H groups in total. The molecule has 14 nitrogen and oxygen atoms in total. The van der Waals surface area contributed by atoms with Crippen LogP contribution in [-0.2, 0) is 23.8 Å². The van der Waals surface area contributed by atoms with Gasteiger partial charge in [-0.25, -0.2) is 4.98 Å². The summed E-state index contributed by atoms with van der Waals surface area (Å²) in [6.45, 7) is 2.14. The smallest absolute Gasteiger partial charge is 0.264 e. The van der Waals surface area contributed by atoms with Crippen LogP contribution in [0.5, 0.6) is 5.75 Å². The zero-order chi connectivity index (χ0) is 37.3. The number of nitrogens with one attached hydrogen (secondary N) is 2. The van der Waals surface area contributed by atoms with Crippen molar-refractivity contribution >= 4 is 45.9 Å². The lowest BCUT2D eigenvalue weighted by molar-refractivity contribution is -0.136. The number of anilines is 2. The van der Waals surface area contributed by atoms with E-state index in [2.05, 4.69) is 39.8 Å². The van der Waals surface area contributed by atoms with Crippen LogP contribution in [0.4, 0.5) is 11.4 Å². The van der Waals surface area contributed by atoms with E-state index in [9.17, 15) is 24.3 Å². The second-order valence-corrected chi connectivity index (χ2v) is 12.9. The van der Waals surface area contributed by atoms with Gasteiger partial charge in [-0.2, -0.15) is 0 Å². The van der Waals surface area contributed by atoms with Gasteiger partial charge in [0.05, 0.1) is 62.0 Å². The number of fused-ring (bicyclic) bond motifs is 2. The average molecular weight is 726 g/mol. The predicted octanol–water partition coefficient (Wildman–Crippen LogP) is 3.27. The Morgan fingerprint density at radius 1 is 0.887 bits per heavy atom. The molecule has 3 aromatic carbocycles. The van der Waals surface area contributed by atoms with Crippen molar-refractivity contribution in [3.63, 3.8) is 0 Å². The lowest BCUT2D eigenvalue weighted by Crippen LogP contribution is -2.54. The Hall–Kier alpha value is -5.41. The highest BCUT2D eigenvalue weighted by Crippen LogP contribution is 2.32. The summed E-state index contributed by atoms with van der Waals surface area (Å²) in [5.41, 5.74) is 4.79. The van der Waals surface area contributed by atoms with Crippen molar-refractivity contribution in [2.45, 2.75) is 25.0 Å². The van der Waals surface area contributed by atoms with Crippen molar-refractivity contribution in [3.8, 4) is 17.0 Å². The monoisotopic (exact) mass is 725 g/mol. The molecule has 14 heteroatoms. The second kappa shape index (κ2) is 17.4. The molecular weight excluding hydrogens is 682 g/mol.